The lowest BCUT2D eigenvalue weighted by Crippen LogP contribution is -2.30. The van der Waals surface area contributed by atoms with E-state index < -0.39 is 10.0 Å². The Morgan fingerprint density at radius 1 is 0.967 bits per heavy atom. The van der Waals surface area contributed by atoms with Crippen molar-refractivity contribution in [2.75, 3.05) is 30.8 Å². The third-order valence-electron chi connectivity index (χ3n) is 4.15. The van der Waals surface area contributed by atoms with Crippen LogP contribution in [-0.2, 0) is 15.8 Å². The van der Waals surface area contributed by atoms with E-state index in [1.807, 2.05) is 55.5 Å². The van der Waals surface area contributed by atoms with Gasteiger partial charge in [0.15, 0.2) is 0 Å². The Labute approximate surface area is 176 Å². The molecule has 0 aliphatic rings. The molecule has 9 heteroatoms. The number of sulfonamides is 1. The number of aryl methyl sites for hydroxylation is 1. The molecule has 0 unspecified atom stereocenters. The van der Waals surface area contributed by atoms with Crippen molar-refractivity contribution in [1.82, 2.24) is 14.7 Å². The highest BCUT2D eigenvalue weighted by Gasteiger charge is 2.10. The van der Waals surface area contributed by atoms with Gasteiger partial charge in [-0.15, -0.1) is 0 Å². The van der Waals surface area contributed by atoms with Crippen molar-refractivity contribution < 1.29 is 13.2 Å². The molecule has 1 heterocycles. The Balaban J connectivity index is 1.52. The van der Waals surface area contributed by atoms with E-state index in [9.17, 15) is 8.42 Å². The van der Waals surface area contributed by atoms with Crippen molar-refractivity contribution in [3.8, 4) is 5.75 Å². The first kappa shape index (κ1) is 21.5. The molecule has 3 aromatic rings. The van der Waals surface area contributed by atoms with E-state index in [4.69, 9.17) is 4.74 Å². The highest BCUT2D eigenvalue weighted by atomic mass is 32.2. The number of benzene rings is 2. The van der Waals surface area contributed by atoms with Crippen LogP contribution in [0.5, 0.6) is 5.75 Å². The molecule has 3 N–H and O–H groups in total. The van der Waals surface area contributed by atoms with Crippen LogP contribution in [0, 0.1) is 6.92 Å². The number of aromatic nitrogens is 2. The lowest BCUT2D eigenvalue weighted by Gasteiger charge is -2.11. The van der Waals surface area contributed by atoms with Gasteiger partial charge in [0.2, 0.25) is 16.0 Å². The van der Waals surface area contributed by atoms with Crippen molar-refractivity contribution in [3.63, 3.8) is 0 Å². The zero-order chi connectivity index (χ0) is 21.4. The molecule has 2 aromatic carbocycles. The Kier molecular flexibility index (Phi) is 7.21. The van der Waals surface area contributed by atoms with E-state index in [-0.39, 0.29) is 12.3 Å². The van der Waals surface area contributed by atoms with Crippen LogP contribution in [-0.4, -0.2) is 38.6 Å². The van der Waals surface area contributed by atoms with Gasteiger partial charge in [0.05, 0.1) is 12.9 Å². The molecule has 0 amide bonds. The molecule has 30 heavy (non-hydrogen) atoms. The molecule has 0 spiro atoms. The van der Waals surface area contributed by atoms with Crippen molar-refractivity contribution in [2.24, 2.45) is 0 Å². The van der Waals surface area contributed by atoms with E-state index >= 15 is 0 Å². The lowest BCUT2D eigenvalue weighted by atomic mass is 10.2. The first-order chi connectivity index (χ1) is 14.4. The van der Waals surface area contributed by atoms with E-state index in [0.717, 1.165) is 22.7 Å². The van der Waals surface area contributed by atoms with Crippen LogP contribution in [0.1, 0.15) is 11.3 Å². The van der Waals surface area contributed by atoms with Crippen LogP contribution in [0.2, 0.25) is 0 Å². The van der Waals surface area contributed by atoms with Gasteiger partial charge in [0.1, 0.15) is 11.6 Å². The van der Waals surface area contributed by atoms with Crippen molar-refractivity contribution in [2.45, 2.75) is 12.7 Å². The maximum Gasteiger partial charge on any atom is 0.224 e. The summed E-state index contributed by atoms with van der Waals surface area (Å²) < 4.78 is 32.1. The van der Waals surface area contributed by atoms with E-state index in [1.165, 1.54) is 0 Å². The minimum absolute atomic E-state index is 0.0509. The number of nitrogens with zero attached hydrogens (tertiary/aromatic N) is 2. The summed E-state index contributed by atoms with van der Waals surface area (Å²) in [6.45, 7) is 2.46. The van der Waals surface area contributed by atoms with Gasteiger partial charge in [-0.3, -0.25) is 0 Å². The zero-order valence-electron chi connectivity index (χ0n) is 16.9. The summed E-state index contributed by atoms with van der Waals surface area (Å²) in [5, 5.41) is 6.28. The maximum absolute atomic E-state index is 12.2. The number of methoxy groups -OCH3 is 1. The molecule has 0 bridgehead atoms. The minimum atomic E-state index is -3.41. The average molecular weight is 428 g/mol. The largest absolute Gasteiger partial charge is 0.497 e. The van der Waals surface area contributed by atoms with Crippen LogP contribution in [0.15, 0.2) is 60.7 Å². The molecular weight excluding hydrogens is 402 g/mol. The Bertz CT molecular complexity index is 1060. The summed E-state index contributed by atoms with van der Waals surface area (Å²) in [5.74, 6) is 1.79. The van der Waals surface area contributed by atoms with Crippen molar-refractivity contribution in [3.05, 3.63) is 71.9 Å². The Morgan fingerprint density at radius 2 is 1.70 bits per heavy atom. The first-order valence-electron chi connectivity index (χ1n) is 9.45. The van der Waals surface area contributed by atoms with Gasteiger partial charge in [-0.25, -0.2) is 18.1 Å². The number of hydrogen-bond acceptors (Lipinski definition) is 7. The summed E-state index contributed by atoms with van der Waals surface area (Å²) >= 11 is 0. The highest BCUT2D eigenvalue weighted by Crippen LogP contribution is 2.19. The molecule has 0 radical (unpaired) electrons. The van der Waals surface area contributed by atoms with Gasteiger partial charge >= 0.3 is 0 Å². The van der Waals surface area contributed by atoms with Crippen LogP contribution in [0.4, 0.5) is 17.5 Å². The van der Waals surface area contributed by atoms with Gasteiger partial charge in [-0.1, -0.05) is 30.3 Å². The lowest BCUT2D eigenvalue weighted by molar-refractivity contribution is 0.415. The van der Waals surface area contributed by atoms with E-state index in [1.54, 1.807) is 19.2 Å². The van der Waals surface area contributed by atoms with E-state index in [2.05, 4.69) is 25.3 Å². The van der Waals surface area contributed by atoms with Crippen molar-refractivity contribution >= 4 is 27.5 Å². The smallest absolute Gasteiger partial charge is 0.224 e. The van der Waals surface area contributed by atoms with E-state index in [0.29, 0.717) is 18.3 Å². The predicted molar refractivity (Wildman–Crippen MR) is 119 cm³/mol. The summed E-state index contributed by atoms with van der Waals surface area (Å²) in [5.41, 5.74) is 2.40. The van der Waals surface area contributed by atoms with Gasteiger partial charge in [0.25, 0.3) is 0 Å². The number of ether oxygens (including phenoxy) is 1. The average Bonchev–Trinajstić information content (AvgIpc) is 2.72. The minimum Gasteiger partial charge on any atom is -0.497 e. The molecular formula is C21H25N5O3S. The highest BCUT2D eigenvalue weighted by molar-refractivity contribution is 7.88. The van der Waals surface area contributed by atoms with Crippen LogP contribution in [0.25, 0.3) is 0 Å². The monoisotopic (exact) mass is 427 g/mol. The number of nitrogens with one attached hydrogen (secondary N) is 3. The van der Waals surface area contributed by atoms with Crippen LogP contribution >= 0.6 is 0 Å². The first-order valence-corrected chi connectivity index (χ1v) is 11.1. The predicted octanol–water partition coefficient (Wildman–Crippen LogP) is 3.07. The molecule has 8 nitrogen and oxygen atoms in total. The third-order valence-corrected chi connectivity index (χ3v) is 5.50. The van der Waals surface area contributed by atoms with Crippen molar-refractivity contribution in [1.29, 1.82) is 0 Å². The Hall–Kier alpha value is -3.17. The molecule has 0 saturated carbocycles. The SMILES string of the molecule is COc1ccc(Nc2cc(C)nc(NCCNS(=O)(=O)Cc3ccccc3)n2)cc1. The fourth-order valence-corrected chi connectivity index (χ4v) is 3.91. The second-order valence-corrected chi connectivity index (χ2v) is 8.44. The maximum atomic E-state index is 12.2. The summed E-state index contributed by atoms with van der Waals surface area (Å²) in [6, 6.07) is 18.4. The quantitative estimate of drug-likeness (QED) is 0.427. The van der Waals surface area contributed by atoms with Gasteiger partial charge in [0, 0.05) is 30.5 Å². The molecule has 1 aromatic heterocycles. The normalized spacial score (nSPS) is 11.1. The topological polar surface area (TPSA) is 105 Å². The number of hydrogen-bond donors (Lipinski definition) is 3. The summed E-state index contributed by atoms with van der Waals surface area (Å²) in [4.78, 5) is 8.78. The zero-order valence-corrected chi connectivity index (χ0v) is 17.7. The van der Waals surface area contributed by atoms with Crippen LogP contribution in [0.3, 0.4) is 0 Å². The molecule has 0 aliphatic heterocycles. The molecule has 0 saturated heterocycles. The molecule has 158 valence electrons. The second kappa shape index (κ2) is 10.0. The molecule has 0 fully saturated rings. The number of anilines is 3. The standard InChI is InChI=1S/C21H25N5O3S/c1-16-14-20(25-18-8-10-19(29-2)11-9-18)26-21(24-16)22-12-13-23-30(27,28)15-17-6-4-3-5-7-17/h3-11,14,23H,12-13,15H2,1-2H3,(H2,22,24,25,26). The fraction of sp³-hybridized carbons (Fsp3) is 0.238. The fourth-order valence-electron chi connectivity index (χ4n) is 2.76. The summed E-state index contributed by atoms with van der Waals surface area (Å²) in [7, 11) is -1.78. The van der Waals surface area contributed by atoms with Crippen LogP contribution < -0.4 is 20.1 Å². The Morgan fingerprint density at radius 3 is 2.40 bits per heavy atom. The third kappa shape index (κ3) is 6.71. The van der Waals surface area contributed by atoms with Gasteiger partial charge in [-0.2, -0.15) is 4.98 Å². The summed E-state index contributed by atoms with van der Waals surface area (Å²) in [6.07, 6.45) is 0. The number of rotatable bonds is 10. The second-order valence-electron chi connectivity index (χ2n) is 6.64. The van der Waals surface area contributed by atoms with Gasteiger partial charge in [-0.05, 0) is 36.8 Å². The van der Waals surface area contributed by atoms with Gasteiger partial charge < -0.3 is 15.4 Å². The molecule has 0 aliphatic carbocycles. The molecule has 0 atom stereocenters. The molecule has 3 rings (SSSR count).